The van der Waals surface area contributed by atoms with Crippen LogP contribution < -0.4 is 5.73 Å². The summed E-state index contributed by atoms with van der Waals surface area (Å²) in [7, 11) is 0. The average Bonchev–Trinajstić information content (AvgIpc) is 2.87. The molecule has 3 nitrogen and oxygen atoms in total. The van der Waals surface area contributed by atoms with Crippen LogP contribution in [0, 0.1) is 0 Å². The minimum absolute atomic E-state index is 0.227. The van der Waals surface area contributed by atoms with E-state index in [0.717, 1.165) is 11.6 Å². The second kappa shape index (κ2) is 5.05. The Balaban J connectivity index is 2.45. The minimum atomic E-state index is -4.44. The molecule has 0 saturated heterocycles. The molecular weight excluding hydrogens is 255 g/mol. The fourth-order valence-corrected chi connectivity index (χ4v) is 1.84. The Morgan fingerprint density at radius 3 is 2.53 bits per heavy atom. The summed E-state index contributed by atoms with van der Waals surface area (Å²) in [6.07, 6.45) is -2.44. The van der Waals surface area contributed by atoms with Crippen LogP contribution in [-0.4, -0.2) is 9.78 Å². The number of para-hydroxylation sites is 1. The van der Waals surface area contributed by atoms with E-state index in [-0.39, 0.29) is 6.04 Å². The SMILES string of the molecule is CCC(N)c1ccccc1-n1ccc(C(F)(F)F)n1. The van der Waals surface area contributed by atoms with Crippen LogP contribution in [0.5, 0.6) is 0 Å². The van der Waals surface area contributed by atoms with Crippen LogP contribution in [-0.2, 0) is 6.18 Å². The molecular formula is C13H14F3N3. The third-order valence-electron chi connectivity index (χ3n) is 2.90. The lowest BCUT2D eigenvalue weighted by atomic mass is 10.0. The van der Waals surface area contributed by atoms with Crippen molar-refractivity contribution >= 4 is 0 Å². The van der Waals surface area contributed by atoms with Crippen LogP contribution in [0.2, 0.25) is 0 Å². The van der Waals surface area contributed by atoms with Gasteiger partial charge in [0.05, 0.1) is 5.69 Å². The monoisotopic (exact) mass is 269 g/mol. The van der Waals surface area contributed by atoms with Gasteiger partial charge in [0.15, 0.2) is 5.69 Å². The Morgan fingerprint density at radius 2 is 1.95 bits per heavy atom. The summed E-state index contributed by atoms with van der Waals surface area (Å²) in [5, 5.41) is 3.57. The summed E-state index contributed by atoms with van der Waals surface area (Å²) in [5.41, 5.74) is 6.41. The Hall–Kier alpha value is -1.82. The molecule has 0 spiro atoms. The van der Waals surface area contributed by atoms with Gasteiger partial charge >= 0.3 is 6.18 Å². The first-order valence-electron chi connectivity index (χ1n) is 5.91. The lowest BCUT2D eigenvalue weighted by Gasteiger charge is -2.14. The second-order valence-corrected chi connectivity index (χ2v) is 4.22. The number of alkyl halides is 3. The van der Waals surface area contributed by atoms with Crippen LogP contribution in [0.15, 0.2) is 36.5 Å². The van der Waals surface area contributed by atoms with Crippen LogP contribution >= 0.6 is 0 Å². The fraction of sp³-hybridized carbons (Fsp3) is 0.308. The summed E-state index contributed by atoms with van der Waals surface area (Å²) in [4.78, 5) is 0. The molecule has 1 atom stereocenters. The van der Waals surface area contributed by atoms with Gasteiger partial charge in [-0.2, -0.15) is 18.3 Å². The van der Waals surface area contributed by atoms with Gasteiger partial charge in [-0.25, -0.2) is 4.68 Å². The first-order valence-corrected chi connectivity index (χ1v) is 5.91. The maximum absolute atomic E-state index is 12.5. The molecule has 1 aromatic carbocycles. The normalized spacial score (nSPS) is 13.5. The van der Waals surface area contributed by atoms with Crippen molar-refractivity contribution < 1.29 is 13.2 Å². The molecule has 1 heterocycles. The molecule has 1 aromatic heterocycles. The first-order chi connectivity index (χ1) is 8.93. The van der Waals surface area contributed by atoms with Crippen LogP contribution in [0.1, 0.15) is 30.6 Å². The number of aromatic nitrogens is 2. The summed E-state index contributed by atoms with van der Waals surface area (Å²) < 4.78 is 38.8. The molecule has 0 amide bonds. The highest BCUT2D eigenvalue weighted by Crippen LogP contribution is 2.29. The van der Waals surface area contributed by atoms with E-state index in [9.17, 15) is 13.2 Å². The number of hydrogen-bond acceptors (Lipinski definition) is 2. The zero-order valence-corrected chi connectivity index (χ0v) is 10.4. The number of hydrogen-bond donors (Lipinski definition) is 1. The van der Waals surface area contributed by atoms with Crippen LogP contribution in [0.4, 0.5) is 13.2 Å². The summed E-state index contributed by atoms with van der Waals surface area (Å²) >= 11 is 0. The van der Waals surface area contributed by atoms with Gasteiger partial charge in [-0.05, 0) is 24.1 Å². The van der Waals surface area contributed by atoms with Crippen molar-refractivity contribution in [1.29, 1.82) is 0 Å². The van der Waals surface area contributed by atoms with Crippen molar-refractivity contribution in [3.05, 3.63) is 47.8 Å². The standard InChI is InChI=1S/C13H14F3N3/c1-2-10(17)9-5-3-4-6-11(9)19-8-7-12(18-19)13(14,15)16/h3-8,10H,2,17H2,1H3. The highest BCUT2D eigenvalue weighted by Gasteiger charge is 2.33. The molecule has 2 N–H and O–H groups in total. The fourth-order valence-electron chi connectivity index (χ4n) is 1.84. The Labute approximate surface area is 108 Å². The molecule has 0 aliphatic carbocycles. The van der Waals surface area contributed by atoms with Crippen molar-refractivity contribution in [2.75, 3.05) is 0 Å². The molecule has 1 unspecified atom stereocenters. The van der Waals surface area contributed by atoms with Crippen molar-refractivity contribution in [2.45, 2.75) is 25.6 Å². The maximum Gasteiger partial charge on any atom is 0.435 e. The minimum Gasteiger partial charge on any atom is -0.324 e. The van der Waals surface area contributed by atoms with E-state index in [4.69, 9.17) is 5.73 Å². The van der Waals surface area contributed by atoms with Crippen molar-refractivity contribution in [3.63, 3.8) is 0 Å². The average molecular weight is 269 g/mol. The van der Waals surface area contributed by atoms with Crippen molar-refractivity contribution in [3.8, 4) is 5.69 Å². The lowest BCUT2D eigenvalue weighted by molar-refractivity contribution is -0.141. The molecule has 19 heavy (non-hydrogen) atoms. The number of halogens is 3. The predicted octanol–water partition coefficient (Wildman–Crippen LogP) is 3.30. The smallest absolute Gasteiger partial charge is 0.324 e. The zero-order chi connectivity index (χ0) is 14.0. The Bertz CT molecular complexity index is 560. The number of rotatable bonds is 3. The highest BCUT2D eigenvalue weighted by atomic mass is 19.4. The number of benzene rings is 1. The maximum atomic E-state index is 12.5. The van der Waals surface area contributed by atoms with E-state index in [0.29, 0.717) is 12.1 Å². The second-order valence-electron chi connectivity index (χ2n) is 4.22. The summed E-state index contributed by atoms with van der Waals surface area (Å²) in [6.45, 7) is 1.92. The van der Waals surface area contributed by atoms with E-state index in [2.05, 4.69) is 5.10 Å². The molecule has 0 radical (unpaired) electrons. The Kier molecular flexibility index (Phi) is 3.61. The van der Waals surface area contributed by atoms with Gasteiger partial charge in [0.2, 0.25) is 0 Å². The van der Waals surface area contributed by atoms with Crippen LogP contribution in [0.25, 0.3) is 5.69 Å². The van der Waals surface area contributed by atoms with Gasteiger partial charge < -0.3 is 5.73 Å². The molecule has 2 rings (SSSR count). The van der Waals surface area contributed by atoms with Gasteiger partial charge in [0.25, 0.3) is 0 Å². The van der Waals surface area contributed by atoms with Gasteiger partial charge in [-0.3, -0.25) is 0 Å². The van der Waals surface area contributed by atoms with Crippen molar-refractivity contribution in [1.82, 2.24) is 9.78 Å². The molecule has 102 valence electrons. The van der Waals surface area contributed by atoms with E-state index in [1.165, 1.54) is 10.9 Å². The van der Waals surface area contributed by atoms with Gasteiger partial charge in [0.1, 0.15) is 0 Å². The molecule has 0 bridgehead atoms. The Morgan fingerprint density at radius 1 is 1.26 bits per heavy atom. The lowest BCUT2D eigenvalue weighted by Crippen LogP contribution is -2.13. The molecule has 0 saturated carbocycles. The number of nitrogens with zero attached hydrogens (tertiary/aromatic N) is 2. The summed E-state index contributed by atoms with van der Waals surface area (Å²) in [6, 6.07) is 7.79. The molecule has 0 aliphatic rings. The number of nitrogens with two attached hydrogens (primary N) is 1. The quantitative estimate of drug-likeness (QED) is 0.929. The molecule has 6 heteroatoms. The third-order valence-corrected chi connectivity index (χ3v) is 2.90. The van der Waals surface area contributed by atoms with Crippen LogP contribution in [0.3, 0.4) is 0 Å². The van der Waals surface area contributed by atoms with Crippen molar-refractivity contribution in [2.24, 2.45) is 5.73 Å². The molecule has 2 aromatic rings. The topological polar surface area (TPSA) is 43.8 Å². The third kappa shape index (κ3) is 2.78. The zero-order valence-electron chi connectivity index (χ0n) is 10.4. The van der Waals surface area contributed by atoms with E-state index in [1.54, 1.807) is 18.2 Å². The molecule has 0 aliphatic heterocycles. The van der Waals surface area contributed by atoms with E-state index in [1.807, 2.05) is 13.0 Å². The summed E-state index contributed by atoms with van der Waals surface area (Å²) in [5.74, 6) is 0. The first kappa shape index (κ1) is 13.6. The highest BCUT2D eigenvalue weighted by molar-refractivity contribution is 5.42. The molecule has 0 fully saturated rings. The largest absolute Gasteiger partial charge is 0.435 e. The van der Waals surface area contributed by atoms with Gasteiger partial charge in [0, 0.05) is 12.2 Å². The predicted molar refractivity (Wildman–Crippen MR) is 65.8 cm³/mol. The van der Waals surface area contributed by atoms with Gasteiger partial charge in [-0.1, -0.05) is 25.1 Å². The van der Waals surface area contributed by atoms with Gasteiger partial charge in [-0.15, -0.1) is 0 Å². The van der Waals surface area contributed by atoms with E-state index >= 15 is 0 Å². The van der Waals surface area contributed by atoms with E-state index < -0.39 is 11.9 Å².